The number of ketones is 1. The molecule has 1 aromatic carbocycles. The first-order valence-electron chi connectivity index (χ1n) is 8.27. The van der Waals surface area contributed by atoms with Gasteiger partial charge in [0.2, 0.25) is 0 Å². The summed E-state index contributed by atoms with van der Waals surface area (Å²) in [5.74, 6) is 0.231. The molecule has 0 amide bonds. The van der Waals surface area contributed by atoms with Crippen molar-refractivity contribution in [2.24, 2.45) is 5.41 Å². The first kappa shape index (κ1) is 19.3. The van der Waals surface area contributed by atoms with Crippen LogP contribution in [0.5, 0.6) is 0 Å². The van der Waals surface area contributed by atoms with E-state index < -0.39 is 11.1 Å². The van der Waals surface area contributed by atoms with Crippen molar-refractivity contribution in [2.45, 2.75) is 27.3 Å². The zero-order valence-electron chi connectivity index (χ0n) is 15.1. The summed E-state index contributed by atoms with van der Waals surface area (Å²) in [5.41, 5.74) is 0.0954. The number of rotatable bonds is 4. The Morgan fingerprint density at radius 2 is 1.78 bits per heavy atom. The van der Waals surface area contributed by atoms with E-state index in [9.17, 15) is 9.59 Å². The van der Waals surface area contributed by atoms with Crippen LogP contribution in [-0.2, 0) is 11.3 Å². The van der Waals surface area contributed by atoms with Crippen LogP contribution in [0.15, 0.2) is 47.5 Å². The lowest BCUT2D eigenvalue weighted by atomic mass is 9.91. The molecule has 3 aromatic rings. The van der Waals surface area contributed by atoms with Crippen molar-refractivity contribution in [1.82, 2.24) is 19.3 Å². The average molecular weight is 405 g/mol. The van der Waals surface area contributed by atoms with Crippen molar-refractivity contribution >= 4 is 29.0 Å². The van der Waals surface area contributed by atoms with Crippen LogP contribution in [0.3, 0.4) is 0 Å². The highest BCUT2D eigenvalue weighted by Crippen LogP contribution is 2.27. The fourth-order valence-electron chi connectivity index (χ4n) is 2.44. The molecule has 2 aromatic heterocycles. The molecule has 0 aliphatic heterocycles. The summed E-state index contributed by atoms with van der Waals surface area (Å²) >= 11 is 12.2. The molecular weight excluding hydrogens is 387 g/mol. The minimum Gasteiger partial charge on any atom is -0.297 e. The molecule has 0 saturated heterocycles. The quantitative estimate of drug-likeness (QED) is 0.658. The molecule has 0 bridgehead atoms. The van der Waals surface area contributed by atoms with Crippen molar-refractivity contribution in [3.8, 4) is 17.1 Å². The van der Waals surface area contributed by atoms with E-state index in [2.05, 4.69) is 10.1 Å². The second-order valence-corrected chi connectivity index (χ2v) is 7.95. The smallest absolute Gasteiger partial charge is 0.297 e. The van der Waals surface area contributed by atoms with E-state index in [1.807, 2.05) is 0 Å². The molecule has 0 atom stereocenters. The van der Waals surface area contributed by atoms with Crippen LogP contribution in [-0.4, -0.2) is 25.1 Å². The molecule has 0 unspecified atom stereocenters. The monoisotopic (exact) mass is 404 g/mol. The number of nitrogens with zero attached hydrogens (tertiary/aromatic N) is 4. The minimum atomic E-state index is -0.585. The summed E-state index contributed by atoms with van der Waals surface area (Å²) in [4.78, 5) is 29.4. The average Bonchev–Trinajstić information content (AvgIpc) is 2.92. The van der Waals surface area contributed by atoms with Crippen molar-refractivity contribution in [1.29, 1.82) is 0 Å². The third-order valence-electron chi connectivity index (χ3n) is 4.07. The highest BCUT2D eigenvalue weighted by molar-refractivity contribution is 6.33. The number of Topliss-reactive ketones (excluding diaryl/α,β-unsaturated/α-hetero) is 1. The van der Waals surface area contributed by atoms with Gasteiger partial charge >= 0.3 is 5.69 Å². The van der Waals surface area contributed by atoms with Crippen LogP contribution < -0.4 is 5.69 Å². The van der Waals surface area contributed by atoms with E-state index in [4.69, 9.17) is 23.2 Å². The van der Waals surface area contributed by atoms with E-state index in [-0.39, 0.29) is 12.3 Å². The van der Waals surface area contributed by atoms with E-state index in [0.717, 1.165) is 4.68 Å². The van der Waals surface area contributed by atoms with Gasteiger partial charge in [0.15, 0.2) is 11.6 Å². The fourth-order valence-corrected chi connectivity index (χ4v) is 2.77. The molecule has 0 radical (unpaired) electrons. The van der Waals surface area contributed by atoms with Gasteiger partial charge in [-0.1, -0.05) is 44.0 Å². The maximum Gasteiger partial charge on any atom is 0.351 e. The molecular formula is C19H18Cl2N4O2. The lowest BCUT2D eigenvalue weighted by Gasteiger charge is -2.15. The molecule has 2 heterocycles. The Balaban J connectivity index is 2.21. The normalized spacial score (nSPS) is 11.6. The molecule has 0 aliphatic rings. The van der Waals surface area contributed by atoms with E-state index in [1.54, 1.807) is 57.3 Å². The van der Waals surface area contributed by atoms with Crippen LogP contribution in [0.2, 0.25) is 10.0 Å². The van der Waals surface area contributed by atoms with Crippen LogP contribution >= 0.6 is 23.2 Å². The standard InChI is InChI=1S/C19H18Cl2N4O2/c1-19(2,3)16(26)11-24-18(27)25(13-6-4-12(20)5-7-13)17(23-24)14-8-9-22-10-15(14)21/h4-10H,11H2,1-3H3. The Morgan fingerprint density at radius 1 is 1.11 bits per heavy atom. The summed E-state index contributed by atoms with van der Waals surface area (Å²) in [6.45, 7) is 5.28. The molecule has 0 aliphatic carbocycles. The maximum atomic E-state index is 13.0. The van der Waals surface area contributed by atoms with Gasteiger partial charge in [-0.3, -0.25) is 9.78 Å². The molecule has 0 saturated carbocycles. The second kappa shape index (κ2) is 7.29. The fraction of sp³-hybridized carbons (Fsp3) is 0.263. The first-order chi connectivity index (χ1) is 12.7. The number of hydrogen-bond donors (Lipinski definition) is 0. The van der Waals surface area contributed by atoms with Crippen LogP contribution in [0.4, 0.5) is 0 Å². The van der Waals surface area contributed by atoms with Gasteiger partial charge in [-0.2, -0.15) is 0 Å². The number of pyridine rings is 1. The lowest BCUT2D eigenvalue weighted by molar-refractivity contribution is -0.127. The zero-order chi connectivity index (χ0) is 19.8. The van der Waals surface area contributed by atoms with Crippen molar-refractivity contribution in [3.63, 3.8) is 0 Å². The van der Waals surface area contributed by atoms with E-state index in [0.29, 0.717) is 27.1 Å². The Labute approximate surface area is 166 Å². The Morgan fingerprint density at radius 3 is 2.37 bits per heavy atom. The SMILES string of the molecule is CC(C)(C)C(=O)Cn1nc(-c2ccncc2Cl)n(-c2ccc(Cl)cc2)c1=O. The summed E-state index contributed by atoms with van der Waals surface area (Å²) in [6, 6.07) is 8.45. The molecule has 0 fully saturated rings. The highest BCUT2D eigenvalue weighted by Gasteiger charge is 2.25. The molecule has 140 valence electrons. The van der Waals surface area contributed by atoms with Gasteiger partial charge in [-0.25, -0.2) is 14.0 Å². The third kappa shape index (κ3) is 3.96. The van der Waals surface area contributed by atoms with Gasteiger partial charge in [0, 0.05) is 28.4 Å². The molecule has 0 spiro atoms. The van der Waals surface area contributed by atoms with Crippen LogP contribution in [0.25, 0.3) is 17.1 Å². The number of aromatic nitrogens is 4. The van der Waals surface area contributed by atoms with E-state index in [1.165, 1.54) is 10.8 Å². The topological polar surface area (TPSA) is 69.8 Å². The van der Waals surface area contributed by atoms with Gasteiger partial charge in [0.1, 0.15) is 6.54 Å². The molecule has 3 rings (SSSR count). The van der Waals surface area contributed by atoms with E-state index >= 15 is 0 Å². The number of hydrogen-bond acceptors (Lipinski definition) is 4. The summed E-state index contributed by atoms with van der Waals surface area (Å²) < 4.78 is 2.57. The summed E-state index contributed by atoms with van der Waals surface area (Å²) in [7, 11) is 0. The highest BCUT2D eigenvalue weighted by atomic mass is 35.5. The molecule has 27 heavy (non-hydrogen) atoms. The van der Waals surface area contributed by atoms with Crippen LogP contribution in [0, 0.1) is 5.41 Å². The summed E-state index contributed by atoms with van der Waals surface area (Å²) in [6.07, 6.45) is 3.05. The second-order valence-electron chi connectivity index (χ2n) is 7.10. The largest absolute Gasteiger partial charge is 0.351 e. The van der Waals surface area contributed by atoms with Gasteiger partial charge in [-0.15, -0.1) is 5.10 Å². The number of benzene rings is 1. The predicted molar refractivity (Wildman–Crippen MR) is 106 cm³/mol. The van der Waals surface area contributed by atoms with Crippen molar-refractivity contribution < 1.29 is 4.79 Å². The van der Waals surface area contributed by atoms with Gasteiger partial charge in [0.05, 0.1) is 10.7 Å². The number of carbonyl (C=O) groups is 1. The molecule has 8 heteroatoms. The first-order valence-corrected chi connectivity index (χ1v) is 9.03. The number of carbonyl (C=O) groups excluding carboxylic acids is 1. The predicted octanol–water partition coefficient (Wildman–Crippen LogP) is 4.02. The van der Waals surface area contributed by atoms with Gasteiger partial charge < -0.3 is 0 Å². The number of halogens is 2. The minimum absolute atomic E-state index is 0.0993. The van der Waals surface area contributed by atoms with Crippen molar-refractivity contribution in [3.05, 3.63) is 63.3 Å². The molecule has 6 nitrogen and oxygen atoms in total. The summed E-state index contributed by atoms with van der Waals surface area (Å²) in [5, 5.41) is 5.29. The maximum absolute atomic E-state index is 13.0. The third-order valence-corrected chi connectivity index (χ3v) is 4.62. The van der Waals surface area contributed by atoms with Gasteiger partial charge in [-0.05, 0) is 30.3 Å². The zero-order valence-corrected chi connectivity index (χ0v) is 16.6. The Hall–Kier alpha value is -2.44. The Bertz CT molecular complexity index is 1050. The Kier molecular flexibility index (Phi) is 5.22. The van der Waals surface area contributed by atoms with Gasteiger partial charge in [0.25, 0.3) is 0 Å². The van der Waals surface area contributed by atoms with Crippen LogP contribution in [0.1, 0.15) is 20.8 Å². The molecule has 0 N–H and O–H groups in total. The van der Waals surface area contributed by atoms with Crippen molar-refractivity contribution in [2.75, 3.05) is 0 Å². The lowest BCUT2D eigenvalue weighted by Crippen LogP contribution is -2.32.